The molecule has 6 rings (SSSR count). The van der Waals surface area contributed by atoms with Crippen LogP contribution in [0.1, 0.15) is 11.6 Å². The number of anilines is 2. The van der Waals surface area contributed by atoms with Gasteiger partial charge in [0.25, 0.3) is 5.91 Å². The van der Waals surface area contributed by atoms with Crippen LogP contribution in [0.4, 0.5) is 11.4 Å². The second-order valence-electron chi connectivity index (χ2n) is 8.22. The Morgan fingerprint density at radius 1 is 0.727 bits per heavy atom. The van der Waals surface area contributed by atoms with Crippen molar-refractivity contribution in [2.45, 2.75) is 12.1 Å². The molecular weight excluding hydrogens is 436 g/mol. The van der Waals surface area contributed by atoms with Gasteiger partial charge < -0.3 is 0 Å². The highest BCUT2D eigenvalue weighted by Crippen LogP contribution is 2.48. The highest BCUT2D eigenvalue weighted by atomic mass is 35.5. The molecule has 0 bridgehead atoms. The van der Waals surface area contributed by atoms with Crippen molar-refractivity contribution in [1.29, 1.82) is 0 Å². The summed E-state index contributed by atoms with van der Waals surface area (Å²) in [6, 6.07) is 29.8. The summed E-state index contributed by atoms with van der Waals surface area (Å²) in [5.74, 6) is -1.30. The van der Waals surface area contributed by atoms with E-state index in [4.69, 9.17) is 16.4 Å². The number of halogens is 1. The largest absolute Gasteiger partial charge is 0.273 e. The van der Waals surface area contributed by atoms with Crippen LogP contribution in [-0.4, -0.2) is 17.9 Å². The van der Waals surface area contributed by atoms with Gasteiger partial charge >= 0.3 is 0 Å². The van der Waals surface area contributed by atoms with Gasteiger partial charge in [-0.25, -0.2) is 9.96 Å². The minimum atomic E-state index is -0.905. The molecule has 0 aliphatic carbocycles. The zero-order valence-corrected chi connectivity index (χ0v) is 18.2. The number of nitrogens with zero attached hydrogens (tertiary/aromatic N) is 2. The third-order valence-electron chi connectivity index (χ3n) is 6.35. The van der Waals surface area contributed by atoms with Crippen LogP contribution >= 0.6 is 11.6 Å². The van der Waals surface area contributed by atoms with Gasteiger partial charge in [-0.1, -0.05) is 78.3 Å². The molecule has 5 nitrogen and oxygen atoms in total. The van der Waals surface area contributed by atoms with Crippen LogP contribution < -0.4 is 9.96 Å². The molecule has 0 N–H and O–H groups in total. The zero-order chi connectivity index (χ0) is 22.5. The predicted octanol–water partition coefficient (Wildman–Crippen LogP) is 5.54. The Hall–Kier alpha value is -3.67. The molecule has 33 heavy (non-hydrogen) atoms. The van der Waals surface area contributed by atoms with E-state index >= 15 is 0 Å². The van der Waals surface area contributed by atoms with Crippen LogP contribution in [0.3, 0.4) is 0 Å². The molecule has 4 aromatic carbocycles. The first-order valence-electron chi connectivity index (χ1n) is 10.8. The third kappa shape index (κ3) is 3.12. The molecule has 3 atom stereocenters. The number of para-hydroxylation sites is 1. The van der Waals surface area contributed by atoms with Gasteiger partial charge in [0.15, 0.2) is 6.10 Å². The molecular formula is C27H19ClN2O3. The zero-order valence-electron chi connectivity index (χ0n) is 17.5. The van der Waals surface area contributed by atoms with Crippen molar-refractivity contribution in [1.82, 2.24) is 0 Å². The van der Waals surface area contributed by atoms with Crippen molar-refractivity contribution in [2.24, 2.45) is 5.92 Å². The number of carbonyl (C=O) groups is 2. The first-order valence-corrected chi connectivity index (χ1v) is 11.1. The van der Waals surface area contributed by atoms with E-state index in [0.717, 1.165) is 22.0 Å². The van der Waals surface area contributed by atoms with Crippen molar-refractivity contribution in [3.63, 3.8) is 0 Å². The SMILES string of the molecule is O=C1[C@H]2[C@@H](c3ccc(Cl)cc3)N(c3ccccc3)O[C@H]2C(=O)N1c1cccc2ccccc12. The van der Waals surface area contributed by atoms with Crippen molar-refractivity contribution >= 4 is 45.6 Å². The van der Waals surface area contributed by atoms with E-state index in [0.29, 0.717) is 10.7 Å². The van der Waals surface area contributed by atoms with Crippen LogP contribution in [0.25, 0.3) is 10.8 Å². The molecule has 0 radical (unpaired) electrons. The normalized spacial score (nSPS) is 22.3. The number of rotatable bonds is 3. The van der Waals surface area contributed by atoms with E-state index in [9.17, 15) is 9.59 Å². The second kappa shape index (κ2) is 7.73. The summed E-state index contributed by atoms with van der Waals surface area (Å²) in [5.41, 5.74) is 2.23. The second-order valence-corrected chi connectivity index (χ2v) is 8.66. The first-order chi connectivity index (χ1) is 16.1. The molecule has 2 heterocycles. The van der Waals surface area contributed by atoms with Gasteiger partial charge in [0.1, 0.15) is 5.92 Å². The summed E-state index contributed by atoms with van der Waals surface area (Å²) in [6.07, 6.45) is -0.905. The third-order valence-corrected chi connectivity index (χ3v) is 6.60. The lowest BCUT2D eigenvalue weighted by molar-refractivity contribution is -0.126. The number of imide groups is 1. The van der Waals surface area contributed by atoms with Crippen LogP contribution in [-0.2, 0) is 14.4 Å². The fraction of sp³-hybridized carbons (Fsp3) is 0.111. The number of benzene rings is 4. The number of carbonyl (C=O) groups excluding carboxylic acids is 2. The van der Waals surface area contributed by atoms with E-state index in [1.54, 1.807) is 17.2 Å². The first kappa shape index (κ1) is 20.0. The minimum Gasteiger partial charge on any atom is -0.273 e. The van der Waals surface area contributed by atoms with Crippen molar-refractivity contribution < 1.29 is 14.4 Å². The number of hydrogen-bond donors (Lipinski definition) is 0. The van der Waals surface area contributed by atoms with Crippen molar-refractivity contribution in [3.05, 3.63) is 108 Å². The van der Waals surface area contributed by atoms with Gasteiger partial charge in [-0.05, 0) is 41.3 Å². The van der Waals surface area contributed by atoms with Gasteiger partial charge in [-0.15, -0.1) is 0 Å². The molecule has 0 unspecified atom stereocenters. The fourth-order valence-corrected chi connectivity index (χ4v) is 4.98. The Bertz CT molecular complexity index is 1370. The Morgan fingerprint density at radius 3 is 2.21 bits per heavy atom. The standard InChI is InChI=1S/C27H19ClN2O3/c28-19-15-13-18(14-16-19)24-23-25(33-30(24)20-9-2-1-3-10-20)27(32)29(26(23)31)22-12-6-8-17-7-4-5-11-21(17)22/h1-16,23-25H/t23-,24+,25+/m0/s1. The molecule has 0 saturated carbocycles. The lowest BCUT2D eigenvalue weighted by Gasteiger charge is -2.29. The molecule has 4 aromatic rings. The minimum absolute atomic E-state index is 0.264. The van der Waals surface area contributed by atoms with Crippen LogP contribution in [0.2, 0.25) is 5.02 Å². The molecule has 6 heteroatoms. The molecule has 0 spiro atoms. The summed E-state index contributed by atoms with van der Waals surface area (Å²) < 4.78 is 0. The van der Waals surface area contributed by atoms with Gasteiger partial charge in [0.05, 0.1) is 17.4 Å². The maximum absolute atomic E-state index is 13.8. The van der Waals surface area contributed by atoms with Crippen LogP contribution in [0.15, 0.2) is 97.1 Å². The Balaban J connectivity index is 1.46. The molecule has 2 aliphatic heterocycles. The van der Waals surface area contributed by atoms with Crippen molar-refractivity contribution in [3.8, 4) is 0 Å². The van der Waals surface area contributed by atoms with E-state index in [1.165, 1.54) is 4.90 Å². The van der Waals surface area contributed by atoms with Crippen LogP contribution in [0, 0.1) is 5.92 Å². The Morgan fingerprint density at radius 2 is 1.42 bits per heavy atom. The van der Waals surface area contributed by atoms with E-state index in [1.807, 2.05) is 84.9 Å². The lowest BCUT2D eigenvalue weighted by atomic mass is 9.90. The number of hydroxylamine groups is 1. The van der Waals surface area contributed by atoms with E-state index < -0.39 is 18.1 Å². The maximum atomic E-state index is 13.8. The van der Waals surface area contributed by atoms with Gasteiger partial charge in [0.2, 0.25) is 5.91 Å². The quantitative estimate of drug-likeness (QED) is 0.381. The smallest absolute Gasteiger partial charge is 0.266 e. The topological polar surface area (TPSA) is 49.9 Å². The highest BCUT2D eigenvalue weighted by Gasteiger charge is 2.60. The summed E-state index contributed by atoms with van der Waals surface area (Å²) in [4.78, 5) is 34.9. The predicted molar refractivity (Wildman–Crippen MR) is 128 cm³/mol. The molecule has 0 aromatic heterocycles. The summed E-state index contributed by atoms with van der Waals surface area (Å²) in [5, 5.41) is 4.11. The average molecular weight is 455 g/mol. The average Bonchev–Trinajstić information content (AvgIpc) is 3.36. The number of fused-ring (bicyclic) bond motifs is 2. The molecule has 162 valence electrons. The van der Waals surface area contributed by atoms with Gasteiger partial charge in [-0.2, -0.15) is 0 Å². The Labute approximate surface area is 195 Å². The van der Waals surface area contributed by atoms with E-state index in [2.05, 4.69) is 0 Å². The van der Waals surface area contributed by atoms with E-state index in [-0.39, 0.29) is 11.8 Å². The monoisotopic (exact) mass is 454 g/mol. The van der Waals surface area contributed by atoms with Gasteiger partial charge in [-0.3, -0.25) is 14.4 Å². The lowest BCUT2D eigenvalue weighted by Crippen LogP contribution is -2.37. The number of hydrogen-bond acceptors (Lipinski definition) is 4. The van der Waals surface area contributed by atoms with Crippen LogP contribution in [0.5, 0.6) is 0 Å². The summed E-state index contributed by atoms with van der Waals surface area (Å²) in [7, 11) is 0. The Kier molecular flexibility index (Phi) is 4.68. The molecule has 2 aliphatic rings. The van der Waals surface area contributed by atoms with Gasteiger partial charge in [0, 0.05) is 10.4 Å². The number of amides is 2. The summed E-state index contributed by atoms with van der Waals surface area (Å²) >= 11 is 6.12. The fourth-order valence-electron chi connectivity index (χ4n) is 4.85. The summed E-state index contributed by atoms with van der Waals surface area (Å²) in [6.45, 7) is 0. The molecule has 2 amide bonds. The molecule has 2 saturated heterocycles. The highest BCUT2D eigenvalue weighted by molar-refractivity contribution is 6.30. The molecule has 2 fully saturated rings. The van der Waals surface area contributed by atoms with Crippen molar-refractivity contribution in [2.75, 3.05) is 9.96 Å². The maximum Gasteiger partial charge on any atom is 0.266 e.